The van der Waals surface area contributed by atoms with Gasteiger partial charge in [0.1, 0.15) is 5.69 Å². The van der Waals surface area contributed by atoms with Crippen LogP contribution in [0.4, 0.5) is 24.5 Å². The van der Waals surface area contributed by atoms with Crippen molar-refractivity contribution in [3.8, 4) is 11.4 Å². The summed E-state index contributed by atoms with van der Waals surface area (Å²) in [6, 6.07) is 11.3. The van der Waals surface area contributed by atoms with Crippen molar-refractivity contribution in [1.29, 1.82) is 0 Å². The summed E-state index contributed by atoms with van der Waals surface area (Å²) >= 11 is 5.82. The molecule has 0 aliphatic carbocycles. The van der Waals surface area contributed by atoms with Gasteiger partial charge in [0.05, 0.1) is 17.0 Å². The van der Waals surface area contributed by atoms with Crippen LogP contribution in [0.15, 0.2) is 53.3 Å². The van der Waals surface area contributed by atoms with E-state index in [4.69, 9.17) is 17.3 Å². The molecule has 3 aromatic rings. The summed E-state index contributed by atoms with van der Waals surface area (Å²) in [4.78, 5) is 26.8. The summed E-state index contributed by atoms with van der Waals surface area (Å²) in [6.07, 6.45) is -5.01. The lowest BCUT2D eigenvalue weighted by atomic mass is 10.1. The molecule has 0 amide bonds. The maximum absolute atomic E-state index is 13.3. The zero-order valence-electron chi connectivity index (χ0n) is 14.5. The predicted molar refractivity (Wildman–Crippen MR) is 101 cm³/mol. The van der Waals surface area contributed by atoms with Gasteiger partial charge in [0.2, 0.25) is 0 Å². The molecule has 11 heteroatoms. The van der Waals surface area contributed by atoms with Crippen molar-refractivity contribution in [1.82, 2.24) is 9.55 Å². The highest BCUT2D eigenvalue weighted by molar-refractivity contribution is 6.30. The molecule has 29 heavy (non-hydrogen) atoms. The first kappa shape index (κ1) is 20.3. The largest absolute Gasteiger partial charge is 0.435 e. The molecular formula is C18H12ClF3N4O3. The molecule has 0 unspecified atom stereocenters. The second-order valence-corrected chi connectivity index (χ2v) is 6.42. The van der Waals surface area contributed by atoms with Crippen molar-refractivity contribution >= 4 is 23.0 Å². The second kappa shape index (κ2) is 7.55. The summed E-state index contributed by atoms with van der Waals surface area (Å²) in [6.45, 7) is -0.216. The monoisotopic (exact) mass is 424 g/mol. The van der Waals surface area contributed by atoms with E-state index in [1.807, 2.05) is 0 Å². The zero-order chi connectivity index (χ0) is 21.3. The van der Waals surface area contributed by atoms with Gasteiger partial charge in [-0.1, -0.05) is 35.9 Å². The van der Waals surface area contributed by atoms with Gasteiger partial charge in [0, 0.05) is 11.1 Å². The van der Waals surface area contributed by atoms with E-state index < -0.39 is 39.6 Å². The van der Waals surface area contributed by atoms with Gasteiger partial charge in [-0.25, -0.2) is 4.98 Å². The molecule has 0 atom stereocenters. The minimum absolute atomic E-state index is 0.216. The molecule has 1 heterocycles. The highest BCUT2D eigenvalue weighted by Crippen LogP contribution is 2.34. The Labute approximate surface area is 166 Å². The quantitative estimate of drug-likeness (QED) is 0.501. The van der Waals surface area contributed by atoms with Gasteiger partial charge in [-0.3, -0.25) is 19.5 Å². The first-order valence-electron chi connectivity index (χ1n) is 8.05. The molecule has 0 fully saturated rings. The van der Waals surface area contributed by atoms with Gasteiger partial charge < -0.3 is 5.73 Å². The Morgan fingerprint density at radius 1 is 1.14 bits per heavy atom. The van der Waals surface area contributed by atoms with Crippen molar-refractivity contribution < 1.29 is 18.1 Å². The maximum Gasteiger partial charge on any atom is 0.435 e. The smallest absolute Gasteiger partial charge is 0.392 e. The average molecular weight is 425 g/mol. The predicted octanol–water partition coefficient (Wildman–Crippen LogP) is 4.12. The van der Waals surface area contributed by atoms with Crippen LogP contribution >= 0.6 is 11.6 Å². The Hall–Kier alpha value is -3.40. The molecule has 150 valence electrons. The lowest BCUT2D eigenvalue weighted by Crippen LogP contribution is -2.30. The van der Waals surface area contributed by atoms with E-state index in [9.17, 15) is 28.1 Å². The first-order chi connectivity index (χ1) is 13.6. The highest BCUT2D eigenvalue weighted by Gasteiger charge is 2.38. The molecule has 0 saturated heterocycles. The van der Waals surface area contributed by atoms with Gasteiger partial charge in [-0.2, -0.15) is 13.2 Å². The number of rotatable bonds is 4. The van der Waals surface area contributed by atoms with Gasteiger partial charge in [0.15, 0.2) is 11.5 Å². The Balaban J connectivity index is 2.32. The Morgan fingerprint density at radius 3 is 2.34 bits per heavy atom. The molecular weight excluding hydrogens is 413 g/mol. The number of hydrogen-bond donors (Lipinski definition) is 1. The number of nitrogens with two attached hydrogens (primary N) is 1. The van der Waals surface area contributed by atoms with Gasteiger partial charge in [0.25, 0.3) is 11.2 Å². The molecule has 0 aliphatic heterocycles. The molecule has 0 spiro atoms. The van der Waals surface area contributed by atoms with Crippen LogP contribution in [0.25, 0.3) is 11.4 Å². The van der Waals surface area contributed by atoms with Crippen molar-refractivity contribution in [3.05, 3.63) is 85.3 Å². The van der Waals surface area contributed by atoms with E-state index in [-0.39, 0.29) is 12.1 Å². The number of hydrogen-bond acceptors (Lipinski definition) is 5. The number of nitrogens with zero attached hydrogens (tertiary/aromatic N) is 3. The van der Waals surface area contributed by atoms with Crippen LogP contribution in [0.2, 0.25) is 5.02 Å². The molecule has 2 aromatic carbocycles. The fourth-order valence-corrected chi connectivity index (χ4v) is 2.86. The maximum atomic E-state index is 13.3. The summed E-state index contributed by atoms with van der Waals surface area (Å²) in [5.74, 6) is -0.515. The Bertz CT molecular complexity index is 1140. The Kier molecular flexibility index (Phi) is 5.29. The summed E-state index contributed by atoms with van der Waals surface area (Å²) in [5, 5.41) is 11.8. The normalized spacial score (nSPS) is 11.4. The first-order valence-corrected chi connectivity index (χ1v) is 8.43. The summed E-state index contributed by atoms with van der Waals surface area (Å²) < 4.78 is 40.9. The third-order valence-electron chi connectivity index (χ3n) is 4.07. The lowest BCUT2D eigenvalue weighted by Gasteiger charge is -2.17. The van der Waals surface area contributed by atoms with Crippen molar-refractivity contribution in [2.45, 2.75) is 12.7 Å². The van der Waals surface area contributed by atoms with E-state index in [0.717, 1.165) is 10.6 Å². The number of nitro benzene ring substituents is 1. The molecule has 1 aromatic heterocycles. The number of nitro groups is 1. The van der Waals surface area contributed by atoms with Crippen LogP contribution in [0.5, 0.6) is 0 Å². The summed E-state index contributed by atoms with van der Waals surface area (Å²) in [7, 11) is 0. The third kappa shape index (κ3) is 4.06. The lowest BCUT2D eigenvalue weighted by molar-refractivity contribution is -0.384. The van der Waals surface area contributed by atoms with E-state index in [2.05, 4.69) is 4.98 Å². The van der Waals surface area contributed by atoms with Crippen LogP contribution < -0.4 is 11.3 Å². The second-order valence-electron chi connectivity index (χ2n) is 5.99. The van der Waals surface area contributed by atoms with Gasteiger partial charge in [-0.15, -0.1) is 0 Å². The minimum Gasteiger partial charge on any atom is -0.392 e. The van der Waals surface area contributed by atoms with Crippen molar-refractivity contribution in [3.63, 3.8) is 0 Å². The minimum atomic E-state index is -5.01. The SMILES string of the molecule is Nc1c(C(F)(F)F)nc(-c2ccccc2[N+](=O)[O-])n(Cc2ccc(Cl)cc2)c1=O. The van der Waals surface area contributed by atoms with Crippen LogP contribution in [-0.2, 0) is 12.7 Å². The number of nitrogen functional groups attached to an aromatic ring is 1. The van der Waals surface area contributed by atoms with Crippen LogP contribution in [0.3, 0.4) is 0 Å². The molecule has 2 N–H and O–H groups in total. The molecule has 0 aliphatic rings. The van der Waals surface area contributed by atoms with Crippen LogP contribution in [0, 0.1) is 10.1 Å². The fraction of sp³-hybridized carbons (Fsp3) is 0.111. The van der Waals surface area contributed by atoms with E-state index in [0.29, 0.717) is 10.6 Å². The Morgan fingerprint density at radius 2 is 1.76 bits per heavy atom. The van der Waals surface area contributed by atoms with Gasteiger partial charge in [-0.05, 0) is 23.8 Å². The number of anilines is 1. The number of para-hydroxylation sites is 1. The fourth-order valence-electron chi connectivity index (χ4n) is 2.73. The number of benzene rings is 2. The van der Waals surface area contributed by atoms with Crippen molar-refractivity contribution in [2.24, 2.45) is 0 Å². The zero-order valence-corrected chi connectivity index (χ0v) is 15.2. The number of halogens is 4. The number of alkyl halides is 3. The van der Waals surface area contributed by atoms with Gasteiger partial charge >= 0.3 is 6.18 Å². The molecule has 7 nitrogen and oxygen atoms in total. The topological polar surface area (TPSA) is 104 Å². The average Bonchev–Trinajstić information content (AvgIpc) is 2.66. The van der Waals surface area contributed by atoms with Crippen molar-refractivity contribution in [2.75, 3.05) is 5.73 Å². The molecule has 3 rings (SSSR count). The molecule has 0 saturated carbocycles. The number of aromatic nitrogens is 2. The van der Waals surface area contributed by atoms with E-state index in [1.165, 1.54) is 30.3 Å². The highest BCUT2D eigenvalue weighted by atomic mass is 35.5. The van der Waals surface area contributed by atoms with Crippen LogP contribution in [0.1, 0.15) is 11.3 Å². The molecule has 0 radical (unpaired) electrons. The van der Waals surface area contributed by atoms with E-state index >= 15 is 0 Å². The summed E-state index contributed by atoms with van der Waals surface area (Å²) in [5.41, 5.74) is 1.35. The standard InChI is InChI=1S/C18H12ClF3N4O3/c19-11-7-5-10(6-8-11)9-25-16(12-3-1-2-4-13(12)26(28)29)24-15(18(20,21)22)14(23)17(25)27/h1-8H,9,23H2. The van der Waals surface area contributed by atoms with E-state index in [1.54, 1.807) is 12.1 Å². The third-order valence-corrected chi connectivity index (χ3v) is 4.32. The van der Waals surface area contributed by atoms with Crippen LogP contribution in [-0.4, -0.2) is 14.5 Å². The molecule has 0 bridgehead atoms.